The van der Waals surface area contributed by atoms with Gasteiger partial charge < -0.3 is 10.7 Å². The van der Waals surface area contributed by atoms with Crippen LogP contribution in [0.2, 0.25) is 0 Å². The Morgan fingerprint density at radius 1 is 1.38 bits per heavy atom. The van der Waals surface area contributed by atoms with Crippen molar-refractivity contribution in [3.63, 3.8) is 0 Å². The molecule has 0 aliphatic carbocycles. The maximum atomic E-state index is 11.7. The van der Waals surface area contributed by atoms with Gasteiger partial charge in [0.2, 0.25) is 0 Å². The van der Waals surface area contributed by atoms with E-state index in [1.54, 1.807) is 37.5 Å². The molecule has 1 atom stereocenters. The Bertz CT molecular complexity index is 410. The zero-order valence-corrected chi connectivity index (χ0v) is 9.42. The number of carbonyl (C=O) groups excluding carboxylic acids is 1. The summed E-state index contributed by atoms with van der Waals surface area (Å²) in [6, 6.07) is 8.83. The molecule has 0 fully saturated rings. The highest BCUT2D eigenvalue weighted by molar-refractivity contribution is 6.06. The third kappa shape index (κ3) is 3.31. The molecule has 1 unspecified atom stereocenters. The average molecular weight is 217 g/mol. The second-order valence-electron chi connectivity index (χ2n) is 3.40. The van der Waals surface area contributed by atoms with E-state index in [1.165, 1.54) is 0 Å². The number of carbonyl (C=O) groups is 1. The minimum atomic E-state index is -0.325. The first-order valence-electron chi connectivity index (χ1n) is 5.01. The van der Waals surface area contributed by atoms with E-state index in [0.717, 1.165) is 0 Å². The molecule has 84 valence electrons. The summed E-state index contributed by atoms with van der Waals surface area (Å²) in [7, 11) is 1.66. The van der Waals surface area contributed by atoms with Gasteiger partial charge >= 0.3 is 0 Å². The Morgan fingerprint density at radius 3 is 2.56 bits per heavy atom. The van der Waals surface area contributed by atoms with Crippen LogP contribution in [0.15, 0.2) is 40.3 Å². The second kappa shape index (κ2) is 5.80. The van der Waals surface area contributed by atoms with Crippen molar-refractivity contribution >= 4 is 18.0 Å². The molecule has 0 aromatic heterocycles. The molecule has 2 N–H and O–H groups in total. The number of rotatable bonds is 3. The van der Waals surface area contributed by atoms with Crippen molar-refractivity contribution in [1.29, 1.82) is 0 Å². The van der Waals surface area contributed by atoms with Gasteiger partial charge in [0.25, 0.3) is 5.91 Å². The summed E-state index contributed by atoms with van der Waals surface area (Å²) in [5.74, 6) is -0.174. The standard InChI is InChI=1S/C12H15N3O/c1-9(8-14-2)11(13)15-12(16)10-6-4-3-5-7-10/h3-9H,1-2H3,(H2,13,15,16). The van der Waals surface area contributed by atoms with Crippen LogP contribution in [0.3, 0.4) is 0 Å². The Morgan fingerprint density at radius 2 is 2.00 bits per heavy atom. The van der Waals surface area contributed by atoms with Crippen molar-refractivity contribution in [2.75, 3.05) is 7.05 Å². The van der Waals surface area contributed by atoms with Gasteiger partial charge in [0.15, 0.2) is 0 Å². The SMILES string of the molecule is CN=CC(C)C(N)=NC(=O)c1ccccc1. The highest BCUT2D eigenvalue weighted by Gasteiger charge is 2.07. The first-order chi connectivity index (χ1) is 7.65. The van der Waals surface area contributed by atoms with Crippen LogP contribution in [-0.4, -0.2) is 25.0 Å². The van der Waals surface area contributed by atoms with Crippen LogP contribution in [0.1, 0.15) is 17.3 Å². The van der Waals surface area contributed by atoms with E-state index in [4.69, 9.17) is 5.73 Å². The van der Waals surface area contributed by atoms with E-state index in [1.807, 2.05) is 13.0 Å². The Labute approximate surface area is 94.9 Å². The van der Waals surface area contributed by atoms with Gasteiger partial charge in [-0.15, -0.1) is 0 Å². The van der Waals surface area contributed by atoms with Crippen LogP contribution >= 0.6 is 0 Å². The van der Waals surface area contributed by atoms with Crippen molar-refractivity contribution in [3.8, 4) is 0 Å². The first-order valence-corrected chi connectivity index (χ1v) is 5.01. The minimum Gasteiger partial charge on any atom is -0.387 e. The van der Waals surface area contributed by atoms with E-state index in [9.17, 15) is 4.79 Å². The third-order valence-corrected chi connectivity index (χ3v) is 2.09. The zero-order chi connectivity index (χ0) is 12.0. The van der Waals surface area contributed by atoms with Crippen molar-refractivity contribution in [3.05, 3.63) is 35.9 Å². The van der Waals surface area contributed by atoms with E-state index in [2.05, 4.69) is 9.98 Å². The molecule has 1 rings (SSSR count). The number of hydrogen-bond acceptors (Lipinski definition) is 2. The normalized spacial score (nSPS) is 14.0. The van der Waals surface area contributed by atoms with Crippen LogP contribution in [0.25, 0.3) is 0 Å². The Kier molecular flexibility index (Phi) is 4.39. The number of nitrogens with zero attached hydrogens (tertiary/aromatic N) is 2. The average Bonchev–Trinajstić information content (AvgIpc) is 2.30. The summed E-state index contributed by atoms with van der Waals surface area (Å²) in [5.41, 5.74) is 6.21. The van der Waals surface area contributed by atoms with Gasteiger partial charge in [-0.25, -0.2) is 0 Å². The largest absolute Gasteiger partial charge is 0.387 e. The number of benzene rings is 1. The smallest absolute Gasteiger partial charge is 0.278 e. The highest BCUT2D eigenvalue weighted by Crippen LogP contribution is 2.02. The minimum absolute atomic E-state index is 0.127. The number of amides is 1. The number of hydrogen-bond donors (Lipinski definition) is 1. The van der Waals surface area contributed by atoms with E-state index in [0.29, 0.717) is 5.56 Å². The summed E-state index contributed by atoms with van der Waals surface area (Å²) in [6.07, 6.45) is 1.65. The number of amidine groups is 1. The maximum absolute atomic E-state index is 11.7. The molecule has 0 radical (unpaired) electrons. The summed E-state index contributed by atoms with van der Waals surface area (Å²) >= 11 is 0. The monoisotopic (exact) mass is 217 g/mol. The second-order valence-corrected chi connectivity index (χ2v) is 3.40. The topological polar surface area (TPSA) is 67.8 Å². The lowest BCUT2D eigenvalue weighted by molar-refractivity contribution is 0.100. The highest BCUT2D eigenvalue weighted by atomic mass is 16.1. The maximum Gasteiger partial charge on any atom is 0.278 e. The number of nitrogens with two attached hydrogens (primary N) is 1. The van der Waals surface area contributed by atoms with Gasteiger partial charge in [-0.1, -0.05) is 25.1 Å². The first kappa shape index (κ1) is 12.1. The van der Waals surface area contributed by atoms with Crippen molar-refractivity contribution in [2.45, 2.75) is 6.92 Å². The summed E-state index contributed by atoms with van der Waals surface area (Å²) < 4.78 is 0. The molecule has 1 aromatic carbocycles. The van der Waals surface area contributed by atoms with Crippen molar-refractivity contribution in [2.24, 2.45) is 21.6 Å². The fraction of sp³-hybridized carbons (Fsp3) is 0.250. The molecule has 0 saturated heterocycles. The molecular weight excluding hydrogens is 202 g/mol. The van der Waals surface area contributed by atoms with Gasteiger partial charge in [-0.3, -0.25) is 4.79 Å². The van der Waals surface area contributed by atoms with E-state index >= 15 is 0 Å². The fourth-order valence-electron chi connectivity index (χ4n) is 1.16. The van der Waals surface area contributed by atoms with Gasteiger partial charge in [-0.2, -0.15) is 4.99 Å². The Balaban J connectivity index is 2.81. The molecule has 1 amide bonds. The lowest BCUT2D eigenvalue weighted by Crippen LogP contribution is -2.23. The number of aliphatic imine (C=N–C) groups is 2. The molecule has 0 aliphatic rings. The van der Waals surface area contributed by atoms with Gasteiger partial charge in [0.1, 0.15) is 5.84 Å². The fourth-order valence-corrected chi connectivity index (χ4v) is 1.16. The van der Waals surface area contributed by atoms with Crippen LogP contribution < -0.4 is 5.73 Å². The lowest BCUT2D eigenvalue weighted by atomic mass is 10.2. The lowest BCUT2D eigenvalue weighted by Gasteiger charge is -2.03. The predicted octanol–water partition coefficient (Wildman–Crippen LogP) is 1.52. The van der Waals surface area contributed by atoms with Crippen LogP contribution in [-0.2, 0) is 0 Å². The quantitative estimate of drug-likeness (QED) is 0.616. The third-order valence-electron chi connectivity index (χ3n) is 2.09. The molecular formula is C12H15N3O. The van der Waals surface area contributed by atoms with Gasteiger partial charge in [0, 0.05) is 24.7 Å². The predicted molar refractivity (Wildman–Crippen MR) is 66.0 cm³/mol. The van der Waals surface area contributed by atoms with Gasteiger partial charge in [0.05, 0.1) is 0 Å². The van der Waals surface area contributed by atoms with Gasteiger partial charge in [-0.05, 0) is 12.1 Å². The molecule has 16 heavy (non-hydrogen) atoms. The molecule has 0 aliphatic heterocycles. The molecule has 1 aromatic rings. The molecule has 0 bridgehead atoms. The molecule has 4 nitrogen and oxygen atoms in total. The van der Waals surface area contributed by atoms with Crippen molar-refractivity contribution < 1.29 is 4.79 Å². The van der Waals surface area contributed by atoms with E-state index < -0.39 is 0 Å². The summed E-state index contributed by atoms with van der Waals surface area (Å²) in [6.45, 7) is 1.84. The van der Waals surface area contributed by atoms with Crippen LogP contribution in [0.5, 0.6) is 0 Å². The molecule has 0 spiro atoms. The molecule has 0 saturated carbocycles. The summed E-state index contributed by atoms with van der Waals surface area (Å²) in [5, 5.41) is 0. The van der Waals surface area contributed by atoms with Crippen LogP contribution in [0.4, 0.5) is 0 Å². The molecule has 0 heterocycles. The van der Waals surface area contributed by atoms with E-state index in [-0.39, 0.29) is 17.7 Å². The Hall–Kier alpha value is -1.97. The molecule has 4 heteroatoms. The van der Waals surface area contributed by atoms with Crippen molar-refractivity contribution in [1.82, 2.24) is 0 Å². The summed E-state index contributed by atoms with van der Waals surface area (Å²) in [4.78, 5) is 19.3. The van der Waals surface area contributed by atoms with Crippen LogP contribution in [0, 0.1) is 5.92 Å². The zero-order valence-electron chi connectivity index (χ0n) is 9.42.